The lowest BCUT2D eigenvalue weighted by Gasteiger charge is -2.24. The van der Waals surface area contributed by atoms with Crippen molar-refractivity contribution in [2.45, 2.75) is 25.8 Å². The molecule has 1 fully saturated rings. The van der Waals surface area contributed by atoms with Gasteiger partial charge in [-0.3, -0.25) is 19.2 Å². The van der Waals surface area contributed by atoms with Gasteiger partial charge in [-0.15, -0.1) is 0 Å². The van der Waals surface area contributed by atoms with E-state index in [0.29, 0.717) is 38.2 Å². The second-order valence-electron chi connectivity index (χ2n) is 3.80. The molecule has 86 valence electrons. The van der Waals surface area contributed by atoms with Gasteiger partial charge in [-0.25, -0.2) is 0 Å². The molecule has 1 aromatic heterocycles. The highest BCUT2D eigenvalue weighted by molar-refractivity contribution is 5.97. The molecule has 1 aromatic rings. The van der Waals surface area contributed by atoms with E-state index in [9.17, 15) is 9.59 Å². The Labute approximate surface area is 93.0 Å². The number of nitrogens with two attached hydrogens (primary N) is 1. The van der Waals surface area contributed by atoms with Crippen LogP contribution in [0, 0.1) is 0 Å². The summed E-state index contributed by atoms with van der Waals surface area (Å²) >= 11 is 0. The maximum atomic E-state index is 11.5. The van der Waals surface area contributed by atoms with E-state index < -0.39 is 0 Å². The zero-order valence-electron chi connectivity index (χ0n) is 8.93. The maximum absolute atomic E-state index is 11.5. The number of hydrogen-bond acceptors (Lipinski definition) is 4. The van der Waals surface area contributed by atoms with Crippen LogP contribution in [0.25, 0.3) is 0 Å². The van der Waals surface area contributed by atoms with Crippen LogP contribution in [0.1, 0.15) is 19.3 Å². The van der Waals surface area contributed by atoms with E-state index in [0.717, 1.165) is 0 Å². The number of aromatic nitrogens is 2. The number of hydrogen-bond donors (Lipinski definition) is 1. The van der Waals surface area contributed by atoms with Crippen LogP contribution in [0.2, 0.25) is 0 Å². The quantitative estimate of drug-likeness (QED) is 0.730. The average Bonchev–Trinajstić information content (AvgIpc) is 2.63. The van der Waals surface area contributed by atoms with E-state index in [4.69, 9.17) is 5.73 Å². The fourth-order valence-electron chi connectivity index (χ4n) is 1.75. The summed E-state index contributed by atoms with van der Waals surface area (Å²) in [6.07, 6.45) is 3.33. The maximum Gasteiger partial charge on any atom is 0.229 e. The van der Waals surface area contributed by atoms with Crippen molar-refractivity contribution in [3.63, 3.8) is 0 Å². The molecule has 6 heteroatoms. The van der Waals surface area contributed by atoms with E-state index in [1.165, 1.54) is 4.90 Å². The zero-order chi connectivity index (χ0) is 11.5. The first-order valence-corrected chi connectivity index (χ1v) is 5.29. The third-order valence-electron chi connectivity index (χ3n) is 2.60. The number of likely N-dealkylation sites (tertiary alicyclic amines) is 1. The summed E-state index contributed by atoms with van der Waals surface area (Å²) < 4.78 is 1.63. The lowest BCUT2D eigenvalue weighted by Crippen LogP contribution is -2.41. The summed E-state index contributed by atoms with van der Waals surface area (Å²) in [7, 11) is 0. The number of carbonyl (C=O) groups excluding carboxylic acids is 2. The SMILES string of the molecule is Nc1ccn(CCN2C(=O)CCCC2=O)n1. The molecule has 2 heterocycles. The van der Waals surface area contributed by atoms with Crippen LogP contribution >= 0.6 is 0 Å². The van der Waals surface area contributed by atoms with E-state index in [1.807, 2.05) is 0 Å². The van der Waals surface area contributed by atoms with Crippen LogP contribution in [0.5, 0.6) is 0 Å². The Morgan fingerprint density at radius 3 is 2.50 bits per heavy atom. The minimum Gasteiger partial charge on any atom is -0.382 e. The van der Waals surface area contributed by atoms with Crippen molar-refractivity contribution in [3.05, 3.63) is 12.3 Å². The predicted octanol–water partition coefficient (Wildman–Crippen LogP) is 0.00440. The molecular weight excluding hydrogens is 208 g/mol. The number of rotatable bonds is 3. The summed E-state index contributed by atoms with van der Waals surface area (Å²) in [5.41, 5.74) is 5.46. The Morgan fingerprint density at radius 1 is 1.25 bits per heavy atom. The Kier molecular flexibility index (Phi) is 2.89. The van der Waals surface area contributed by atoms with Crippen LogP contribution < -0.4 is 5.73 Å². The predicted molar refractivity (Wildman–Crippen MR) is 57.2 cm³/mol. The van der Waals surface area contributed by atoms with Gasteiger partial charge in [0.2, 0.25) is 11.8 Å². The highest BCUT2D eigenvalue weighted by Crippen LogP contribution is 2.12. The van der Waals surface area contributed by atoms with E-state index in [1.54, 1.807) is 16.9 Å². The summed E-state index contributed by atoms with van der Waals surface area (Å²) in [4.78, 5) is 24.3. The highest BCUT2D eigenvalue weighted by Gasteiger charge is 2.25. The monoisotopic (exact) mass is 222 g/mol. The van der Waals surface area contributed by atoms with Gasteiger partial charge in [-0.2, -0.15) is 5.10 Å². The molecule has 0 aromatic carbocycles. The Bertz CT molecular complexity index is 397. The first kappa shape index (κ1) is 10.7. The van der Waals surface area contributed by atoms with Crippen LogP contribution in [0.3, 0.4) is 0 Å². The van der Waals surface area contributed by atoms with Gasteiger partial charge < -0.3 is 5.73 Å². The van der Waals surface area contributed by atoms with Crippen molar-refractivity contribution in [2.75, 3.05) is 12.3 Å². The number of nitrogen functional groups attached to an aromatic ring is 1. The molecule has 2 rings (SSSR count). The molecule has 1 saturated heterocycles. The van der Waals surface area contributed by atoms with Crippen molar-refractivity contribution in [1.29, 1.82) is 0 Å². The van der Waals surface area contributed by atoms with Crippen molar-refractivity contribution in [2.24, 2.45) is 0 Å². The first-order chi connectivity index (χ1) is 7.66. The van der Waals surface area contributed by atoms with Crippen LogP contribution in [0.15, 0.2) is 12.3 Å². The van der Waals surface area contributed by atoms with Gasteiger partial charge >= 0.3 is 0 Å². The molecule has 0 aliphatic carbocycles. The molecule has 0 bridgehead atoms. The van der Waals surface area contributed by atoms with Crippen LogP contribution in [-0.4, -0.2) is 33.0 Å². The topological polar surface area (TPSA) is 81.2 Å². The Balaban J connectivity index is 1.93. The van der Waals surface area contributed by atoms with Gasteiger partial charge in [-0.1, -0.05) is 0 Å². The van der Waals surface area contributed by atoms with Gasteiger partial charge in [0, 0.05) is 25.6 Å². The Hall–Kier alpha value is -1.85. The normalized spacial score (nSPS) is 16.9. The van der Waals surface area contributed by atoms with Crippen molar-refractivity contribution in [3.8, 4) is 0 Å². The molecule has 0 atom stereocenters. The molecule has 2 amide bonds. The number of imide groups is 1. The molecule has 0 radical (unpaired) electrons. The fourth-order valence-corrected chi connectivity index (χ4v) is 1.75. The Morgan fingerprint density at radius 2 is 1.94 bits per heavy atom. The number of anilines is 1. The number of piperidine rings is 1. The van der Waals surface area contributed by atoms with Gasteiger partial charge in [0.25, 0.3) is 0 Å². The van der Waals surface area contributed by atoms with Gasteiger partial charge in [0.05, 0.1) is 6.54 Å². The number of nitrogens with zero attached hydrogens (tertiary/aromatic N) is 3. The minimum absolute atomic E-state index is 0.0867. The number of carbonyl (C=O) groups is 2. The lowest BCUT2D eigenvalue weighted by molar-refractivity contribution is -0.148. The standard InChI is InChI=1S/C10H14N4O2/c11-8-4-5-13(12-8)6-7-14-9(15)2-1-3-10(14)16/h4-5H,1-3,6-7H2,(H2,11,12). The smallest absolute Gasteiger partial charge is 0.229 e. The molecule has 0 saturated carbocycles. The molecule has 0 unspecified atom stereocenters. The van der Waals surface area contributed by atoms with Crippen LogP contribution in [0.4, 0.5) is 5.82 Å². The molecular formula is C10H14N4O2. The second kappa shape index (κ2) is 4.34. The minimum atomic E-state index is -0.0867. The highest BCUT2D eigenvalue weighted by atomic mass is 16.2. The van der Waals surface area contributed by atoms with Gasteiger partial charge in [0.15, 0.2) is 0 Å². The average molecular weight is 222 g/mol. The van der Waals surface area contributed by atoms with Crippen LogP contribution in [-0.2, 0) is 16.1 Å². The third-order valence-corrected chi connectivity index (χ3v) is 2.60. The molecule has 16 heavy (non-hydrogen) atoms. The van der Waals surface area contributed by atoms with E-state index in [-0.39, 0.29) is 11.8 Å². The zero-order valence-corrected chi connectivity index (χ0v) is 8.93. The molecule has 1 aliphatic heterocycles. The van der Waals surface area contributed by atoms with Gasteiger partial charge in [0.1, 0.15) is 5.82 Å². The second-order valence-corrected chi connectivity index (χ2v) is 3.80. The summed E-state index contributed by atoms with van der Waals surface area (Å²) in [6, 6.07) is 1.68. The van der Waals surface area contributed by atoms with Crippen molar-refractivity contribution < 1.29 is 9.59 Å². The van der Waals surface area contributed by atoms with Crippen molar-refractivity contribution in [1.82, 2.24) is 14.7 Å². The summed E-state index contributed by atoms with van der Waals surface area (Å²) in [5.74, 6) is 0.268. The fraction of sp³-hybridized carbons (Fsp3) is 0.500. The largest absolute Gasteiger partial charge is 0.382 e. The molecule has 0 spiro atoms. The van der Waals surface area contributed by atoms with Gasteiger partial charge in [-0.05, 0) is 12.5 Å². The number of amides is 2. The third kappa shape index (κ3) is 2.21. The van der Waals surface area contributed by atoms with E-state index >= 15 is 0 Å². The first-order valence-electron chi connectivity index (χ1n) is 5.29. The summed E-state index contributed by atoms with van der Waals surface area (Å²) in [5, 5.41) is 3.99. The molecule has 1 aliphatic rings. The molecule has 6 nitrogen and oxygen atoms in total. The molecule has 2 N–H and O–H groups in total. The summed E-state index contributed by atoms with van der Waals surface area (Å²) in [6.45, 7) is 0.869. The van der Waals surface area contributed by atoms with E-state index in [2.05, 4.69) is 5.10 Å². The van der Waals surface area contributed by atoms with Crippen molar-refractivity contribution >= 4 is 17.6 Å². The lowest BCUT2D eigenvalue weighted by atomic mass is 10.1.